The Hall–Kier alpha value is -8.40. The fourth-order valence-electron chi connectivity index (χ4n) is 13.8. The Kier molecular flexibility index (Phi) is 9.44. The highest BCUT2D eigenvalue weighted by Gasteiger charge is 2.46. The minimum absolute atomic E-state index is 0.0708. The number of hydrogen-bond acceptors (Lipinski definition) is 2. The summed E-state index contributed by atoms with van der Waals surface area (Å²) < 4.78 is 0. The van der Waals surface area contributed by atoms with E-state index in [-0.39, 0.29) is 17.5 Å². The van der Waals surface area contributed by atoms with Crippen LogP contribution in [0.3, 0.4) is 0 Å². The third-order valence-corrected chi connectivity index (χ3v) is 18.2. The Morgan fingerprint density at radius 2 is 0.667 bits per heavy atom. The first kappa shape index (κ1) is 44.1. The second kappa shape index (κ2) is 16.1. The van der Waals surface area contributed by atoms with Gasteiger partial charge in [0.25, 0.3) is 6.71 Å². The molecule has 0 spiro atoms. The van der Waals surface area contributed by atoms with Crippen LogP contribution in [0, 0.1) is 0 Å². The van der Waals surface area contributed by atoms with Crippen molar-refractivity contribution in [3.8, 4) is 0 Å². The minimum Gasteiger partial charge on any atom is -0.311 e. The van der Waals surface area contributed by atoms with Gasteiger partial charge in [0.2, 0.25) is 0 Å². The van der Waals surface area contributed by atoms with Crippen LogP contribution in [0.5, 0.6) is 0 Å². The molecule has 15 rings (SSSR count). The molecule has 0 unspecified atom stereocenters. The van der Waals surface area contributed by atoms with E-state index in [1.165, 1.54) is 142 Å². The molecule has 0 fully saturated rings. The van der Waals surface area contributed by atoms with E-state index in [1.807, 2.05) is 0 Å². The van der Waals surface area contributed by atoms with Gasteiger partial charge in [-0.2, -0.15) is 0 Å². The molecule has 3 heteroatoms. The van der Waals surface area contributed by atoms with Gasteiger partial charge in [-0.1, -0.05) is 224 Å². The van der Waals surface area contributed by atoms with E-state index in [9.17, 15) is 0 Å². The fourth-order valence-corrected chi connectivity index (χ4v) is 13.8. The Morgan fingerprint density at radius 1 is 0.320 bits per heavy atom. The van der Waals surface area contributed by atoms with Crippen LogP contribution in [-0.4, -0.2) is 6.71 Å². The van der Waals surface area contributed by atoms with E-state index in [4.69, 9.17) is 0 Å². The van der Waals surface area contributed by atoms with Gasteiger partial charge in [0.05, 0.1) is 5.69 Å². The standard InChI is InChI=1S/C72H57BN2/c1-7-71(3,4)60-42-62-69(57-33-19-16-30-53(57)60)74(44-39-40-52-47-25-10-9-23-45(47)46-24-12-14-29-51(46)59(52)41-44)65-37-22-38-66-68(65)73(62)63-43-61(72(5,6)8-2)54-31-17-20-34-58(54)70(63)75(66)64-36-21-35-56-50-27-13-11-26-48(50)49-28-15-18-32-55(49)67(56)64/h9-43H,7-8H2,1-6H3. The molecular formula is C72H57BN2. The summed E-state index contributed by atoms with van der Waals surface area (Å²) >= 11 is 0. The number of benzene rings is 13. The molecule has 0 aliphatic carbocycles. The zero-order valence-corrected chi connectivity index (χ0v) is 43.6. The lowest BCUT2D eigenvalue weighted by Gasteiger charge is -2.46. The number of nitrogens with zero attached hydrogens (tertiary/aromatic N) is 2. The fraction of sp³-hybridized carbons (Fsp3) is 0.139. The lowest BCUT2D eigenvalue weighted by molar-refractivity contribution is 0.511. The highest BCUT2D eigenvalue weighted by Crippen LogP contribution is 2.53. The third kappa shape index (κ3) is 6.10. The maximum absolute atomic E-state index is 2.69. The highest BCUT2D eigenvalue weighted by molar-refractivity contribution is 7.01. The molecule has 0 bridgehead atoms. The first-order valence-corrected chi connectivity index (χ1v) is 27.2. The Morgan fingerprint density at radius 3 is 1.15 bits per heavy atom. The first-order valence-electron chi connectivity index (χ1n) is 27.2. The van der Waals surface area contributed by atoms with Gasteiger partial charge < -0.3 is 9.80 Å². The lowest BCUT2D eigenvalue weighted by atomic mass is 9.32. The average Bonchev–Trinajstić information content (AvgIpc) is 3.51. The predicted octanol–water partition coefficient (Wildman–Crippen LogP) is 18.4. The summed E-state index contributed by atoms with van der Waals surface area (Å²) in [5, 5.41) is 20.5. The zero-order valence-electron chi connectivity index (χ0n) is 43.6. The topological polar surface area (TPSA) is 6.48 Å². The zero-order chi connectivity index (χ0) is 50.5. The van der Waals surface area contributed by atoms with E-state index in [2.05, 4.69) is 264 Å². The van der Waals surface area contributed by atoms with Crippen LogP contribution in [0.15, 0.2) is 212 Å². The summed E-state index contributed by atoms with van der Waals surface area (Å²) in [5.41, 5.74) is 14.0. The molecule has 0 aromatic heterocycles. The van der Waals surface area contributed by atoms with Crippen molar-refractivity contribution < 1.29 is 0 Å². The molecule has 0 N–H and O–H groups in total. The second-order valence-electron chi connectivity index (χ2n) is 22.7. The molecule has 0 saturated carbocycles. The normalized spacial score (nSPS) is 13.5. The van der Waals surface area contributed by atoms with Crippen LogP contribution < -0.4 is 26.2 Å². The number of hydrogen-bond donors (Lipinski definition) is 0. The lowest BCUT2D eigenvalue weighted by Crippen LogP contribution is -2.62. The largest absolute Gasteiger partial charge is 0.311 e. The summed E-state index contributed by atoms with van der Waals surface area (Å²) in [4.78, 5) is 5.35. The van der Waals surface area contributed by atoms with Gasteiger partial charge in [-0.3, -0.25) is 0 Å². The van der Waals surface area contributed by atoms with Crippen LogP contribution in [0.1, 0.15) is 65.5 Å². The third-order valence-electron chi connectivity index (χ3n) is 18.2. The predicted molar refractivity (Wildman–Crippen MR) is 327 cm³/mol. The van der Waals surface area contributed by atoms with Crippen LogP contribution in [-0.2, 0) is 10.8 Å². The van der Waals surface area contributed by atoms with Crippen molar-refractivity contribution in [2.75, 3.05) is 9.80 Å². The van der Waals surface area contributed by atoms with Gasteiger partial charge in [0, 0.05) is 44.6 Å². The van der Waals surface area contributed by atoms with Crippen molar-refractivity contribution >= 4 is 143 Å². The molecule has 2 aliphatic rings. The molecule has 0 atom stereocenters. The molecule has 2 aliphatic heterocycles. The van der Waals surface area contributed by atoms with E-state index in [0.29, 0.717) is 0 Å². The molecule has 2 heterocycles. The minimum atomic E-state index is -0.0891. The van der Waals surface area contributed by atoms with Gasteiger partial charge in [-0.15, -0.1) is 0 Å². The summed E-state index contributed by atoms with van der Waals surface area (Å²) in [6, 6.07) is 81.4. The maximum Gasteiger partial charge on any atom is 0.252 e. The van der Waals surface area contributed by atoms with Crippen LogP contribution in [0.4, 0.5) is 34.1 Å². The Balaban J connectivity index is 1.13. The average molecular weight is 961 g/mol. The summed E-state index contributed by atoms with van der Waals surface area (Å²) in [6.07, 6.45) is 2.04. The smallest absolute Gasteiger partial charge is 0.252 e. The van der Waals surface area contributed by atoms with Crippen molar-refractivity contribution in [1.29, 1.82) is 0 Å². The molecule has 0 radical (unpaired) electrons. The molecular weight excluding hydrogens is 904 g/mol. The summed E-state index contributed by atoms with van der Waals surface area (Å²) in [7, 11) is 0. The van der Waals surface area contributed by atoms with Gasteiger partial charge >= 0.3 is 0 Å². The van der Waals surface area contributed by atoms with Crippen LogP contribution in [0.2, 0.25) is 0 Å². The van der Waals surface area contributed by atoms with E-state index in [1.54, 1.807) is 0 Å². The SMILES string of the molecule is CCC(C)(C)c1cc2c(c3ccccc13)N(c1ccc3c4ccccc4c4ccccc4c3c1)c1cccc3c1B2c1cc(C(C)(C)CC)c2ccccc2c1N3c1cccc2c3ccccc3c3ccccc3c12. The van der Waals surface area contributed by atoms with Crippen molar-refractivity contribution in [3.05, 3.63) is 223 Å². The Bertz CT molecular complexity index is 4520. The van der Waals surface area contributed by atoms with Gasteiger partial charge in [-0.25, -0.2) is 0 Å². The molecule has 13 aromatic rings. The molecule has 13 aromatic carbocycles. The summed E-state index contributed by atoms with van der Waals surface area (Å²) in [6.45, 7) is 14.4. The number of anilines is 6. The van der Waals surface area contributed by atoms with Gasteiger partial charge in [0.1, 0.15) is 0 Å². The molecule has 0 amide bonds. The molecule has 75 heavy (non-hydrogen) atoms. The van der Waals surface area contributed by atoms with Gasteiger partial charge in [0.15, 0.2) is 0 Å². The molecule has 2 nitrogen and oxygen atoms in total. The number of fused-ring (bicyclic) bond motifs is 20. The van der Waals surface area contributed by atoms with E-state index < -0.39 is 0 Å². The first-order chi connectivity index (χ1) is 36.7. The monoisotopic (exact) mass is 960 g/mol. The Labute approximate surface area is 439 Å². The quantitative estimate of drug-likeness (QED) is 0.121. The van der Waals surface area contributed by atoms with Crippen molar-refractivity contribution in [2.45, 2.75) is 65.2 Å². The second-order valence-corrected chi connectivity index (χ2v) is 22.7. The van der Waals surface area contributed by atoms with Crippen molar-refractivity contribution in [3.63, 3.8) is 0 Å². The van der Waals surface area contributed by atoms with Gasteiger partial charge in [-0.05, 0) is 152 Å². The highest BCUT2D eigenvalue weighted by atomic mass is 15.2. The molecule has 0 saturated heterocycles. The van der Waals surface area contributed by atoms with E-state index in [0.717, 1.165) is 18.5 Å². The number of rotatable bonds is 6. The van der Waals surface area contributed by atoms with Crippen LogP contribution in [0.25, 0.3) is 86.2 Å². The van der Waals surface area contributed by atoms with Crippen molar-refractivity contribution in [1.82, 2.24) is 0 Å². The molecule has 358 valence electrons. The van der Waals surface area contributed by atoms with Crippen LogP contribution >= 0.6 is 0 Å². The summed E-state index contributed by atoms with van der Waals surface area (Å²) in [5.74, 6) is 0. The van der Waals surface area contributed by atoms with Crippen molar-refractivity contribution in [2.24, 2.45) is 0 Å². The maximum atomic E-state index is 2.69. The van der Waals surface area contributed by atoms with E-state index >= 15 is 0 Å².